The van der Waals surface area contributed by atoms with Crippen LogP contribution in [0.4, 0.5) is 17.1 Å². The number of benzene rings is 9. The first kappa shape index (κ1) is 31.2. The molecule has 0 aliphatic carbocycles. The summed E-state index contributed by atoms with van der Waals surface area (Å²) in [6.45, 7) is 0. The highest BCUT2D eigenvalue weighted by atomic mass is 16.3. The number of anilines is 3. The second kappa shape index (κ2) is 12.6. The summed E-state index contributed by atoms with van der Waals surface area (Å²) in [5.41, 5.74) is 13.3. The van der Waals surface area contributed by atoms with Crippen LogP contribution in [0.5, 0.6) is 0 Å². The van der Waals surface area contributed by atoms with E-state index in [2.05, 4.69) is 204 Å². The third-order valence-corrected chi connectivity index (χ3v) is 11.0. The Bertz CT molecular complexity index is 3190. The van der Waals surface area contributed by atoms with E-state index in [9.17, 15) is 0 Å². The summed E-state index contributed by atoms with van der Waals surface area (Å²) in [7, 11) is 0. The summed E-state index contributed by atoms with van der Waals surface area (Å²) in [6, 6.07) is 74.0. The first-order valence-corrected chi connectivity index (χ1v) is 18.8. The van der Waals surface area contributed by atoms with Gasteiger partial charge in [-0.25, -0.2) is 0 Å². The van der Waals surface area contributed by atoms with Crippen LogP contribution in [0.15, 0.2) is 211 Å². The van der Waals surface area contributed by atoms with Gasteiger partial charge in [0.2, 0.25) is 0 Å². The summed E-state index contributed by atoms with van der Waals surface area (Å²) in [4.78, 5) is 2.37. The topological polar surface area (TPSA) is 21.3 Å². The third-order valence-electron chi connectivity index (χ3n) is 11.0. The van der Waals surface area contributed by atoms with Gasteiger partial charge < -0.3 is 13.9 Å². The van der Waals surface area contributed by atoms with Gasteiger partial charge in [-0.2, -0.15) is 0 Å². The van der Waals surface area contributed by atoms with E-state index in [1.165, 1.54) is 49.3 Å². The summed E-state index contributed by atoms with van der Waals surface area (Å²) in [6.07, 6.45) is 0. The molecule has 3 nitrogen and oxygen atoms in total. The lowest BCUT2D eigenvalue weighted by Crippen LogP contribution is -2.10. The predicted octanol–water partition coefficient (Wildman–Crippen LogP) is 14.6. The van der Waals surface area contributed by atoms with Gasteiger partial charge in [-0.15, -0.1) is 0 Å². The molecule has 0 atom stereocenters. The average Bonchev–Trinajstić information content (AvgIpc) is 3.80. The van der Waals surface area contributed by atoms with Crippen LogP contribution in [0.25, 0.3) is 82.5 Å². The number of nitrogens with zero attached hydrogens (tertiary/aromatic N) is 2. The minimum absolute atomic E-state index is 0.880. The Kier molecular flexibility index (Phi) is 7.17. The summed E-state index contributed by atoms with van der Waals surface area (Å²) < 4.78 is 8.69. The molecule has 0 N–H and O–H groups in total. The van der Waals surface area contributed by atoms with E-state index in [1.54, 1.807) is 0 Å². The van der Waals surface area contributed by atoms with Gasteiger partial charge in [0.25, 0.3) is 0 Å². The molecule has 0 unspecified atom stereocenters. The Balaban J connectivity index is 1.17. The Morgan fingerprint density at radius 3 is 1.84 bits per heavy atom. The van der Waals surface area contributed by atoms with Crippen LogP contribution >= 0.6 is 0 Å². The number of para-hydroxylation sites is 2. The van der Waals surface area contributed by atoms with E-state index in [0.717, 1.165) is 50.2 Å². The summed E-state index contributed by atoms with van der Waals surface area (Å²) >= 11 is 0. The average molecular weight is 703 g/mol. The van der Waals surface area contributed by atoms with E-state index in [0.29, 0.717) is 0 Å². The number of hydrogen-bond acceptors (Lipinski definition) is 2. The lowest BCUT2D eigenvalue weighted by Gasteiger charge is -2.26. The predicted molar refractivity (Wildman–Crippen MR) is 231 cm³/mol. The zero-order valence-electron chi connectivity index (χ0n) is 29.9. The van der Waals surface area contributed by atoms with Gasteiger partial charge in [0, 0.05) is 44.3 Å². The molecule has 0 amide bonds. The lowest BCUT2D eigenvalue weighted by atomic mass is 9.94. The van der Waals surface area contributed by atoms with Crippen LogP contribution in [0, 0.1) is 0 Å². The smallest absolute Gasteiger partial charge is 0.135 e. The molecule has 0 bridgehead atoms. The highest BCUT2D eigenvalue weighted by Gasteiger charge is 2.21. The molecule has 258 valence electrons. The largest absolute Gasteiger partial charge is 0.456 e. The SMILES string of the molecule is c1ccc(-c2ccc(N(c3ccc4oc5ccccc5c4c3)c3ccc4c5c(-c6cccc7ccccc67)cccc5n(-c5ccccc5)c4c3)cc2)cc1. The Morgan fingerprint density at radius 2 is 0.982 bits per heavy atom. The van der Waals surface area contributed by atoms with Crippen molar-refractivity contribution in [3.8, 4) is 27.9 Å². The molecule has 0 radical (unpaired) electrons. The monoisotopic (exact) mass is 702 g/mol. The molecule has 3 heteroatoms. The molecule has 0 saturated carbocycles. The van der Waals surface area contributed by atoms with Crippen LogP contribution in [0.1, 0.15) is 0 Å². The van der Waals surface area contributed by atoms with Crippen molar-refractivity contribution < 1.29 is 4.42 Å². The van der Waals surface area contributed by atoms with E-state index in [-0.39, 0.29) is 0 Å². The number of hydrogen-bond donors (Lipinski definition) is 0. The third kappa shape index (κ3) is 5.13. The van der Waals surface area contributed by atoms with Crippen molar-refractivity contribution in [3.05, 3.63) is 206 Å². The second-order valence-electron chi connectivity index (χ2n) is 14.1. The van der Waals surface area contributed by atoms with Crippen molar-refractivity contribution >= 4 is 71.6 Å². The van der Waals surface area contributed by atoms with Crippen LogP contribution in [-0.4, -0.2) is 4.57 Å². The maximum absolute atomic E-state index is 6.27. The normalized spacial score (nSPS) is 11.6. The lowest BCUT2D eigenvalue weighted by molar-refractivity contribution is 0.669. The molecule has 0 saturated heterocycles. The van der Waals surface area contributed by atoms with Gasteiger partial charge >= 0.3 is 0 Å². The van der Waals surface area contributed by atoms with Crippen LogP contribution in [0.3, 0.4) is 0 Å². The van der Waals surface area contributed by atoms with Gasteiger partial charge in [-0.3, -0.25) is 0 Å². The van der Waals surface area contributed by atoms with Crippen molar-refractivity contribution in [1.29, 1.82) is 0 Å². The molecule has 2 aromatic heterocycles. The zero-order valence-corrected chi connectivity index (χ0v) is 29.9. The van der Waals surface area contributed by atoms with E-state index in [1.807, 2.05) is 12.1 Å². The summed E-state index contributed by atoms with van der Waals surface area (Å²) in [5.74, 6) is 0. The first-order chi connectivity index (χ1) is 27.3. The number of furan rings is 1. The molecule has 11 aromatic rings. The van der Waals surface area contributed by atoms with Crippen molar-refractivity contribution in [1.82, 2.24) is 4.57 Å². The highest BCUT2D eigenvalue weighted by Crippen LogP contribution is 2.44. The van der Waals surface area contributed by atoms with E-state index in [4.69, 9.17) is 4.42 Å². The molecule has 55 heavy (non-hydrogen) atoms. The molecular weight excluding hydrogens is 669 g/mol. The molecular formula is C52H34N2O. The zero-order chi connectivity index (χ0) is 36.3. The van der Waals surface area contributed by atoms with Gasteiger partial charge in [0.1, 0.15) is 11.2 Å². The standard InChI is InChI=1S/C52H34N2O/c1-3-13-35(14-4-1)36-25-27-39(28-26-36)53(40-30-32-51-47(33-40)44-20-9-10-24-50(44)55-51)41-29-31-46-49(34-41)54(38-17-5-2-6-18-38)48-23-12-22-45(52(46)48)43-21-11-16-37-15-7-8-19-42(37)43/h1-34H. The van der Waals surface area contributed by atoms with Crippen molar-refractivity contribution in [2.45, 2.75) is 0 Å². The van der Waals surface area contributed by atoms with Crippen LogP contribution in [-0.2, 0) is 0 Å². The first-order valence-electron chi connectivity index (χ1n) is 18.8. The minimum Gasteiger partial charge on any atom is -0.456 e. The van der Waals surface area contributed by atoms with E-state index >= 15 is 0 Å². The Labute approximate surface area is 318 Å². The molecule has 0 aliphatic rings. The van der Waals surface area contributed by atoms with E-state index < -0.39 is 0 Å². The molecule has 9 aromatic carbocycles. The number of fused-ring (bicyclic) bond motifs is 7. The second-order valence-corrected chi connectivity index (χ2v) is 14.1. The molecule has 0 fully saturated rings. The molecule has 0 spiro atoms. The maximum atomic E-state index is 6.27. The van der Waals surface area contributed by atoms with Gasteiger partial charge in [-0.05, 0) is 99.8 Å². The molecule has 0 aliphatic heterocycles. The molecule has 11 rings (SSSR count). The Morgan fingerprint density at radius 1 is 0.364 bits per heavy atom. The highest BCUT2D eigenvalue weighted by molar-refractivity contribution is 6.18. The fourth-order valence-corrected chi connectivity index (χ4v) is 8.47. The fraction of sp³-hybridized carbons (Fsp3) is 0. The maximum Gasteiger partial charge on any atom is 0.135 e. The van der Waals surface area contributed by atoms with Crippen LogP contribution in [0.2, 0.25) is 0 Å². The molecule has 2 heterocycles. The number of rotatable bonds is 6. The van der Waals surface area contributed by atoms with Gasteiger partial charge in [0.05, 0.1) is 11.0 Å². The Hall–Kier alpha value is -7.36. The van der Waals surface area contributed by atoms with Crippen molar-refractivity contribution in [2.75, 3.05) is 4.90 Å². The van der Waals surface area contributed by atoms with Crippen molar-refractivity contribution in [2.24, 2.45) is 0 Å². The van der Waals surface area contributed by atoms with Gasteiger partial charge in [-0.1, -0.05) is 140 Å². The van der Waals surface area contributed by atoms with Gasteiger partial charge in [0.15, 0.2) is 0 Å². The minimum atomic E-state index is 0.880. The number of aromatic nitrogens is 1. The quantitative estimate of drug-likeness (QED) is 0.172. The summed E-state index contributed by atoms with van der Waals surface area (Å²) in [5, 5.41) is 7.15. The van der Waals surface area contributed by atoms with Crippen molar-refractivity contribution in [3.63, 3.8) is 0 Å². The van der Waals surface area contributed by atoms with Crippen LogP contribution < -0.4 is 4.90 Å². The fourth-order valence-electron chi connectivity index (χ4n) is 8.47.